The summed E-state index contributed by atoms with van der Waals surface area (Å²) >= 11 is 0. The monoisotopic (exact) mass is 323 g/mol. The van der Waals surface area contributed by atoms with Gasteiger partial charge in [-0.3, -0.25) is 4.79 Å². The van der Waals surface area contributed by atoms with Gasteiger partial charge in [0.25, 0.3) is 5.91 Å². The molecule has 3 rings (SSSR count). The molecule has 1 aliphatic heterocycles. The third kappa shape index (κ3) is 3.44. The number of hydrogen-bond donors (Lipinski definition) is 0. The van der Waals surface area contributed by atoms with Gasteiger partial charge >= 0.3 is 0 Å². The summed E-state index contributed by atoms with van der Waals surface area (Å²) in [7, 11) is 6.10. The molecule has 0 saturated carbocycles. The average Bonchev–Trinajstić information content (AvgIpc) is 2.62. The van der Waals surface area contributed by atoms with Crippen molar-refractivity contribution in [3.63, 3.8) is 0 Å². The van der Waals surface area contributed by atoms with Crippen LogP contribution < -0.4 is 4.90 Å². The molecule has 0 aromatic heterocycles. The summed E-state index contributed by atoms with van der Waals surface area (Å²) in [5.74, 6) is 0.112. The van der Waals surface area contributed by atoms with Crippen molar-refractivity contribution in [3.8, 4) is 0 Å². The molecule has 4 nitrogen and oxygen atoms in total. The molecule has 1 amide bonds. The summed E-state index contributed by atoms with van der Waals surface area (Å²) in [5, 5.41) is 0. The van der Waals surface area contributed by atoms with Gasteiger partial charge in [-0.1, -0.05) is 36.4 Å². The molecule has 4 heteroatoms. The van der Waals surface area contributed by atoms with Crippen molar-refractivity contribution >= 4 is 11.6 Å². The summed E-state index contributed by atoms with van der Waals surface area (Å²) < 4.78 is 0. The molecular weight excluding hydrogens is 298 g/mol. The van der Waals surface area contributed by atoms with E-state index in [0.717, 1.165) is 30.9 Å². The quantitative estimate of drug-likeness (QED) is 0.869. The first-order chi connectivity index (χ1) is 11.6. The maximum Gasteiger partial charge on any atom is 0.254 e. The fraction of sp³-hybridized carbons (Fsp3) is 0.350. The van der Waals surface area contributed by atoms with Gasteiger partial charge in [-0.15, -0.1) is 0 Å². The predicted molar refractivity (Wildman–Crippen MR) is 98.5 cm³/mol. The number of benzene rings is 2. The zero-order valence-electron chi connectivity index (χ0n) is 14.6. The van der Waals surface area contributed by atoms with Gasteiger partial charge in [0.2, 0.25) is 0 Å². The second kappa shape index (κ2) is 7.05. The second-order valence-corrected chi connectivity index (χ2v) is 6.63. The van der Waals surface area contributed by atoms with Gasteiger partial charge in [-0.2, -0.15) is 0 Å². The van der Waals surface area contributed by atoms with Crippen molar-refractivity contribution in [2.24, 2.45) is 0 Å². The van der Waals surface area contributed by atoms with Crippen LogP contribution in [0.4, 0.5) is 5.69 Å². The number of nitrogens with zero attached hydrogens (tertiary/aromatic N) is 3. The molecule has 1 atom stereocenters. The summed E-state index contributed by atoms with van der Waals surface area (Å²) in [6.45, 7) is 2.52. The minimum atomic E-state index is 0.0977. The normalized spacial score (nSPS) is 18.5. The van der Waals surface area contributed by atoms with Crippen molar-refractivity contribution in [2.75, 3.05) is 45.7 Å². The molecule has 2 aromatic carbocycles. The minimum Gasteiger partial charge on any atom is -0.378 e. The van der Waals surface area contributed by atoms with E-state index in [1.807, 2.05) is 66.4 Å². The maximum absolute atomic E-state index is 13.2. The SMILES string of the molecule is CN1CCN(C(=O)c2cccc(N(C)C)c2)C(c2ccccc2)C1. The van der Waals surface area contributed by atoms with E-state index in [0.29, 0.717) is 0 Å². The smallest absolute Gasteiger partial charge is 0.254 e. The molecule has 1 unspecified atom stereocenters. The predicted octanol–water partition coefficient (Wildman–Crippen LogP) is 2.88. The van der Waals surface area contributed by atoms with Gasteiger partial charge in [0.15, 0.2) is 0 Å². The summed E-state index contributed by atoms with van der Waals surface area (Å²) in [4.78, 5) is 19.5. The van der Waals surface area contributed by atoms with E-state index in [4.69, 9.17) is 0 Å². The van der Waals surface area contributed by atoms with Crippen LogP contribution in [0.3, 0.4) is 0 Å². The molecule has 24 heavy (non-hydrogen) atoms. The van der Waals surface area contributed by atoms with E-state index < -0.39 is 0 Å². The van der Waals surface area contributed by atoms with Crippen LogP contribution >= 0.6 is 0 Å². The van der Waals surface area contributed by atoms with Gasteiger partial charge in [-0.05, 0) is 30.8 Å². The van der Waals surface area contributed by atoms with Crippen LogP contribution in [0.1, 0.15) is 22.0 Å². The van der Waals surface area contributed by atoms with Crippen molar-refractivity contribution in [1.82, 2.24) is 9.80 Å². The van der Waals surface area contributed by atoms with Crippen LogP contribution in [0.2, 0.25) is 0 Å². The van der Waals surface area contributed by atoms with Crippen LogP contribution in [0.5, 0.6) is 0 Å². The van der Waals surface area contributed by atoms with Crippen molar-refractivity contribution < 1.29 is 4.79 Å². The Labute approximate surface area is 144 Å². The lowest BCUT2D eigenvalue weighted by atomic mass is 10.0. The van der Waals surface area contributed by atoms with E-state index in [9.17, 15) is 4.79 Å². The van der Waals surface area contributed by atoms with E-state index in [-0.39, 0.29) is 11.9 Å². The maximum atomic E-state index is 13.2. The van der Waals surface area contributed by atoms with Crippen LogP contribution in [-0.2, 0) is 0 Å². The van der Waals surface area contributed by atoms with E-state index in [1.165, 1.54) is 5.56 Å². The third-order valence-electron chi connectivity index (χ3n) is 4.64. The number of amides is 1. The Morgan fingerprint density at radius 3 is 2.50 bits per heavy atom. The van der Waals surface area contributed by atoms with Crippen LogP contribution in [-0.4, -0.2) is 56.5 Å². The molecule has 0 radical (unpaired) electrons. The number of carbonyl (C=O) groups is 1. The number of carbonyl (C=O) groups excluding carboxylic acids is 1. The van der Waals surface area contributed by atoms with Gasteiger partial charge < -0.3 is 14.7 Å². The highest BCUT2D eigenvalue weighted by Crippen LogP contribution is 2.27. The first-order valence-electron chi connectivity index (χ1n) is 8.38. The highest BCUT2D eigenvalue weighted by Gasteiger charge is 2.30. The second-order valence-electron chi connectivity index (χ2n) is 6.63. The molecule has 2 aromatic rings. The van der Waals surface area contributed by atoms with Crippen molar-refractivity contribution in [3.05, 3.63) is 65.7 Å². The topological polar surface area (TPSA) is 26.8 Å². The average molecular weight is 323 g/mol. The molecule has 0 spiro atoms. The fourth-order valence-corrected chi connectivity index (χ4v) is 3.21. The Balaban J connectivity index is 1.90. The number of rotatable bonds is 3. The number of piperazine rings is 1. The molecule has 1 aliphatic rings. The molecule has 0 aliphatic carbocycles. The van der Waals surface area contributed by atoms with Crippen LogP contribution in [0.15, 0.2) is 54.6 Å². The zero-order valence-corrected chi connectivity index (χ0v) is 14.6. The van der Waals surface area contributed by atoms with Crippen LogP contribution in [0.25, 0.3) is 0 Å². The van der Waals surface area contributed by atoms with Gasteiger partial charge in [0.05, 0.1) is 6.04 Å². The highest BCUT2D eigenvalue weighted by atomic mass is 16.2. The van der Waals surface area contributed by atoms with Gasteiger partial charge in [0, 0.05) is 45.0 Å². The number of anilines is 1. The van der Waals surface area contributed by atoms with Gasteiger partial charge in [-0.25, -0.2) is 0 Å². The largest absolute Gasteiger partial charge is 0.378 e. The first kappa shape index (κ1) is 16.5. The van der Waals surface area contributed by atoms with Crippen LogP contribution in [0, 0.1) is 0 Å². The van der Waals surface area contributed by atoms with E-state index in [1.54, 1.807) is 0 Å². The minimum absolute atomic E-state index is 0.0977. The fourth-order valence-electron chi connectivity index (χ4n) is 3.21. The highest BCUT2D eigenvalue weighted by molar-refractivity contribution is 5.95. The lowest BCUT2D eigenvalue weighted by Crippen LogP contribution is -2.49. The van der Waals surface area contributed by atoms with Gasteiger partial charge in [0.1, 0.15) is 0 Å². The van der Waals surface area contributed by atoms with E-state index >= 15 is 0 Å². The Morgan fingerprint density at radius 1 is 1.04 bits per heavy atom. The molecule has 1 heterocycles. The number of hydrogen-bond acceptors (Lipinski definition) is 3. The van der Waals surface area contributed by atoms with Crippen molar-refractivity contribution in [2.45, 2.75) is 6.04 Å². The third-order valence-corrected chi connectivity index (χ3v) is 4.64. The lowest BCUT2D eigenvalue weighted by molar-refractivity contribution is 0.0498. The Morgan fingerprint density at radius 2 is 1.79 bits per heavy atom. The molecule has 126 valence electrons. The van der Waals surface area contributed by atoms with Crippen molar-refractivity contribution in [1.29, 1.82) is 0 Å². The summed E-state index contributed by atoms with van der Waals surface area (Å²) in [6.07, 6.45) is 0. The molecule has 0 N–H and O–H groups in total. The Kier molecular flexibility index (Phi) is 4.86. The Hall–Kier alpha value is -2.33. The molecular formula is C20H25N3O. The molecule has 1 fully saturated rings. The summed E-state index contributed by atoms with van der Waals surface area (Å²) in [6, 6.07) is 18.3. The van der Waals surface area contributed by atoms with E-state index in [2.05, 4.69) is 24.1 Å². The Bertz CT molecular complexity index is 699. The molecule has 0 bridgehead atoms. The summed E-state index contributed by atoms with van der Waals surface area (Å²) in [5.41, 5.74) is 3.00. The lowest BCUT2D eigenvalue weighted by Gasteiger charge is -2.40. The zero-order chi connectivity index (χ0) is 17.1. The first-order valence-corrected chi connectivity index (χ1v) is 8.38. The standard InChI is InChI=1S/C20H25N3O/c1-21(2)18-11-7-10-17(14-18)20(24)23-13-12-22(3)15-19(23)16-8-5-4-6-9-16/h4-11,14,19H,12-13,15H2,1-3H3. The number of likely N-dealkylation sites (N-methyl/N-ethyl adjacent to an activating group) is 1. The molecule has 1 saturated heterocycles.